The van der Waals surface area contributed by atoms with Crippen molar-refractivity contribution in [1.29, 1.82) is 0 Å². The third kappa shape index (κ3) is 8.11. The molecule has 0 atom stereocenters. The minimum atomic E-state index is -0.408. The smallest absolute Gasteiger partial charge is 0.338 e. The van der Waals surface area contributed by atoms with E-state index in [1.54, 1.807) is 0 Å². The second-order valence-corrected chi connectivity index (χ2v) is 8.73. The number of nitrogens with one attached hydrogen (secondary N) is 1. The lowest BCUT2D eigenvalue weighted by Gasteiger charge is -2.16. The molecule has 6 nitrogen and oxygen atoms in total. The largest absolute Gasteiger partial charge is 0.462 e. The van der Waals surface area contributed by atoms with Crippen molar-refractivity contribution < 1.29 is 19.2 Å². The second-order valence-electron chi connectivity index (χ2n) is 8.35. The van der Waals surface area contributed by atoms with E-state index < -0.39 is 5.97 Å². The summed E-state index contributed by atoms with van der Waals surface area (Å²) >= 11 is 6.65. The molecule has 2 aromatic rings. The van der Waals surface area contributed by atoms with E-state index in [1.807, 2.05) is 68.5 Å². The molecule has 1 aliphatic rings. The fourth-order valence-electron chi connectivity index (χ4n) is 3.76. The van der Waals surface area contributed by atoms with Crippen LogP contribution in [0.1, 0.15) is 51.9 Å². The molecular weight excluding hydrogens is 464 g/mol. The molecule has 7 heteroatoms. The van der Waals surface area contributed by atoms with E-state index in [0.29, 0.717) is 41.4 Å². The van der Waals surface area contributed by atoms with Crippen LogP contribution < -0.4 is 5.32 Å². The second kappa shape index (κ2) is 13.5. The molecule has 35 heavy (non-hydrogen) atoms. The maximum absolute atomic E-state index is 12.9. The number of aryl methyl sites for hydroxylation is 2. The molecular formula is C28H31ClN2O4. The molecule has 1 N–H and O–H groups in total. The number of hydrogen-bond acceptors (Lipinski definition) is 5. The number of rotatable bonds is 5. The van der Waals surface area contributed by atoms with Crippen molar-refractivity contribution in [3.05, 3.63) is 93.5 Å². The number of oxime groups is 1. The highest BCUT2D eigenvalue weighted by atomic mass is 35.5. The van der Waals surface area contributed by atoms with Gasteiger partial charge in [0.05, 0.1) is 17.9 Å². The quantitative estimate of drug-likeness (QED) is 0.331. The lowest BCUT2D eigenvalue weighted by atomic mass is 9.94. The molecule has 0 spiro atoms. The van der Waals surface area contributed by atoms with Gasteiger partial charge in [0.25, 0.3) is 5.91 Å². The predicted molar refractivity (Wildman–Crippen MR) is 139 cm³/mol. The maximum Gasteiger partial charge on any atom is 0.338 e. The summed E-state index contributed by atoms with van der Waals surface area (Å²) in [6, 6.07) is 11.5. The topological polar surface area (TPSA) is 77.0 Å². The summed E-state index contributed by atoms with van der Waals surface area (Å²) in [6.07, 6.45) is 10.5. The van der Waals surface area contributed by atoms with Gasteiger partial charge < -0.3 is 14.9 Å². The highest BCUT2D eigenvalue weighted by Crippen LogP contribution is 2.29. The third-order valence-electron chi connectivity index (χ3n) is 5.51. The Hall–Kier alpha value is -3.38. The summed E-state index contributed by atoms with van der Waals surface area (Å²) in [5.74, 6) is -0.684. The Kier molecular flexibility index (Phi) is 10.1. The van der Waals surface area contributed by atoms with Gasteiger partial charge >= 0.3 is 5.97 Å². The molecule has 0 aliphatic carbocycles. The minimum absolute atomic E-state index is 0.220. The average molecular weight is 495 g/mol. The van der Waals surface area contributed by atoms with E-state index in [2.05, 4.69) is 16.5 Å². The molecule has 1 amide bonds. The van der Waals surface area contributed by atoms with Gasteiger partial charge in [0.15, 0.2) is 6.61 Å². The van der Waals surface area contributed by atoms with Crippen LogP contribution in [-0.2, 0) is 27.3 Å². The lowest BCUT2D eigenvalue weighted by molar-refractivity contribution is -0.125. The van der Waals surface area contributed by atoms with E-state index in [0.717, 1.165) is 29.5 Å². The molecule has 1 heterocycles. The standard InChI is InChI=1S/C28H31ClN2O4/c1-20-16-21(2)27(29)24-17-23(14-10-5-3-4-6-11-15-34-28(33)26(20)24)31-35-19-25(32)30-18-22-12-8-7-9-13-22/h4,6-10,12-14,16H,3,5,11,15,17-19H2,1-2H3,(H,30,32)/b6-4+,14-10+,31-23-. The number of amides is 1. The molecule has 0 fully saturated rings. The van der Waals surface area contributed by atoms with Crippen molar-refractivity contribution in [3.8, 4) is 0 Å². The Balaban J connectivity index is 1.79. The fourth-order valence-corrected chi connectivity index (χ4v) is 3.98. The van der Waals surface area contributed by atoms with Crippen LogP contribution in [-0.4, -0.2) is 30.8 Å². The number of ether oxygens (including phenoxy) is 1. The van der Waals surface area contributed by atoms with E-state index in [1.165, 1.54) is 0 Å². The average Bonchev–Trinajstić information content (AvgIpc) is 2.84. The molecule has 2 aromatic carbocycles. The van der Waals surface area contributed by atoms with Gasteiger partial charge in [-0.2, -0.15) is 0 Å². The number of benzene rings is 2. The fraction of sp³-hybridized carbons (Fsp3) is 0.321. The maximum atomic E-state index is 12.9. The monoisotopic (exact) mass is 494 g/mol. The number of carbonyl (C=O) groups excluding carboxylic acids is 2. The summed E-state index contributed by atoms with van der Waals surface area (Å²) in [6.45, 7) is 4.26. The Morgan fingerprint density at radius 3 is 2.63 bits per heavy atom. The van der Waals surface area contributed by atoms with Gasteiger partial charge in [-0.1, -0.05) is 71.4 Å². The van der Waals surface area contributed by atoms with Crippen molar-refractivity contribution in [2.24, 2.45) is 5.16 Å². The summed E-state index contributed by atoms with van der Waals surface area (Å²) < 4.78 is 5.51. The van der Waals surface area contributed by atoms with Crippen LogP contribution in [0.15, 0.2) is 65.9 Å². The van der Waals surface area contributed by atoms with E-state index in [-0.39, 0.29) is 18.9 Å². The zero-order valence-corrected chi connectivity index (χ0v) is 20.9. The van der Waals surface area contributed by atoms with Gasteiger partial charge in [-0.05, 0) is 61.4 Å². The molecule has 0 saturated heterocycles. The number of hydrogen-bond donors (Lipinski definition) is 1. The van der Waals surface area contributed by atoms with Crippen LogP contribution >= 0.6 is 11.6 Å². The molecule has 0 aromatic heterocycles. The van der Waals surface area contributed by atoms with Gasteiger partial charge in [-0.15, -0.1) is 0 Å². The van der Waals surface area contributed by atoms with Crippen LogP contribution in [0.3, 0.4) is 0 Å². The van der Waals surface area contributed by atoms with Crippen LogP contribution in [0.2, 0.25) is 5.02 Å². The normalized spacial score (nSPS) is 17.6. The van der Waals surface area contributed by atoms with E-state index in [9.17, 15) is 9.59 Å². The van der Waals surface area contributed by atoms with Crippen LogP contribution in [0.25, 0.3) is 0 Å². The first kappa shape index (κ1) is 26.2. The molecule has 0 bridgehead atoms. The first-order valence-corrected chi connectivity index (χ1v) is 12.1. The number of carbonyl (C=O) groups is 2. The number of halogens is 1. The van der Waals surface area contributed by atoms with Crippen molar-refractivity contribution in [2.75, 3.05) is 13.2 Å². The van der Waals surface area contributed by atoms with Gasteiger partial charge in [0.2, 0.25) is 0 Å². The van der Waals surface area contributed by atoms with E-state index in [4.69, 9.17) is 21.2 Å². The number of esters is 1. The van der Waals surface area contributed by atoms with Gasteiger partial charge in [0.1, 0.15) is 0 Å². The predicted octanol–water partition coefficient (Wildman–Crippen LogP) is 5.64. The summed E-state index contributed by atoms with van der Waals surface area (Å²) in [7, 11) is 0. The molecule has 3 rings (SSSR count). The Labute approximate surface area is 211 Å². The molecule has 0 radical (unpaired) electrons. The SMILES string of the molecule is Cc1cc(C)c2c(c1Cl)CC(=N\OCC(=O)NCc1ccccc1)/C=C/CC/C=C/CCOC2=O. The minimum Gasteiger partial charge on any atom is -0.462 e. The van der Waals surface area contributed by atoms with Crippen molar-refractivity contribution in [3.63, 3.8) is 0 Å². The molecule has 184 valence electrons. The zero-order chi connectivity index (χ0) is 25.0. The van der Waals surface area contributed by atoms with Crippen molar-refractivity contribution in [2.45, 2.75) is 46.1 Å². The van der Waals surface area contributed by atoms with Crippen molar-refractivity contribution >= 4 is 29.2 Å². The number of cyclic esters (lactones) is 1. The third-order valence-corrected chi connectivity index (χ3v) is 6.03. The van der Waals surface area contributed by atoms with Gasteiger partial charge in [-0.25, -0.2) is 4.79 Å². The zero-order valence-electron chi connectivity index (χ0n) is 20.2. The van der Waals surface area contributed by atoms with Crippen LogP contribution in [0.5, 0.6) is 0 Å². The van der Waals surface area contributed by atoms with Gasteiger partial charge in [0, 0.05) is 18.0 Å². The van der Waals surface area contributed by atoms with Crippen molar-refractivity contribution in [1.82, 2.24) is 5.32 Å². The van der Waals surface area contributed by atoms with E-state index >= 15 is 0 Å². The number of fused-ring (bicyclic) bond motifs is 1. The molecule has 0 saturated carbocycles. The Morgan fingerprint density at radius 2 is 1.83 bits per heavy atom. The number of nitrogens with zero attached hydrogens (tertiary/aromatic N) is 1. The number of allylic oxidation sites excluding steroid dienone is 3. The Morgan fingerprint density at radius 1 is 1.09 bits per heavy atom. The first-order valence-electron chi connectivity index (χ1n) is 11.7. The summed E-state index contributed by atoms with van der Waals surface area (Å²) in [4.78, 5) is 30.5. The lowest BCUT2D eigenvalue weighted by Crippen LogP contribution is -2.26. The summed E-state index contributed by atoms with van der Waals surface area (Å²) in [5, 5.41) is 7.52. The van der Waals surface area contributed by atoms with Crippen LogP contribution in [0.4, 0.5) is 0 Å². The Bertz CT molecular complexity index is 1120. The van der Waals surface area contributed by atoms with Gasteiger partial charge in [-0.3, -0.25) is 4.79 Å². The highest BCUT2D eigenvalue weighted by Gasteiger charge is 2.21. The van der Waals surface area contributed by atoms with Crippen LogP contribution in [0, 0.1) is 13.8 Å². The first-order chi connectivity index (χ1) is 17.0. The molecule has 0 unspecified atom stereocenters. The summed E-state index contributed by atoms with van der Waals surface area (Å²) in [5.41, 5.74) is 4.30. The molecule has 1 aliphatic heterocycles. The highest BCUT2D eigenvalue weighted by molar-refractivity contribution is 6.33.